The normalized spacial score (nSPS) is 19.4. The Labute approximate surface area is 222 Å². The van der Waals surface area contributed by atoms with Crippen LogP contribution in [0.3, 0.4) is 0 Å². The van der Waals surface area contributed by atoms with Crippen molar-refractivity contribution in [2.24, 2.45) is 11.0 Å². The van der Waals surface area contributed by atoms with Crippen LogP contribution >= 0.6 is 0 Å². The molecule has 2 atom stereocenters. The summed E-state index contributed by atoms with van der Waals surface area (Å²) in [5, 5.41) is 28.2. The van der Waals surface area contributed by atoms with Crippen LogP contribution in [0.1, 0.15) is 36.4 Å². The molecular weight excluding hydrogens is 507 g/mol. The quantitative estimate of drug-likeness (QED) is 0.279. The minimum Gasteiger partial charge on any atom is -0.481 e. The number of amides is 1. The number of nitro benzene ring substituents is 2. The summed E-state index contributed by atoms with van der Waals surface area (Å²) in [4.78, 5) is 34.6. The lowest BCUT2D eigenvalue weighted by atomic mass is 9.77. The molecule has 11 heteroatoms. The van der Waals surface area contributed by atoms with Gasteiger partial charge in [-0.2, -0.15) is 5.10 Å². The lowest BCUT2D eigenvalue weighted by Gasteiger charge is -2.29. The van der Waals surface area contributed by atoms with Gasteiger partial charge < -0.3 is 4.74 Å². The number of allylic oxidation sites excluding steroid dienone is 1. The Morgan fingerprint density at radius 3 is 2.28 bits per heavy atom. The zero-order valence-corrected chi connectivity index (χ0v) is 20.6. The highest BCUT2D eigenvalue weighted by molar-refractivity contribution is 6.08. The molecule has 0 bridgehead atoms. The van der Waals surface area contributed by atoms with E-state index in [0.717, 1.165) is 24.0 Å². The third kappa shape index (κ3) is 5.37. The molecule has 0 unspecified atom stereocenters. The van der Waals surface area contributed by atoms with E-state index in [1.54, 1.807) is 30.3 Å². The SMILES string of the molecule is O=C(COc1ccccc1F)N1N=C2/C(=C\c3ccc([N+](=O)[O-])cc3)CCC[C@H]2[C@@H]1c1ccc([N+](=O)[O-])cc1. The summed E-state index contributed by atoms with van der Waals surface area (Å²) >= 11 is 0. The largest absolute Gasteiger partial charge is 0.481 e. The summed E-state index contributed by atoms with van der Waals surface area (Å²) in [6.07, 6.45) is 4.16. The van der Waals surface area contributed by atoms with E-state index in [1.807, 2.05) is 6.08 Å². The highest BCUT2D eigenvalue weighted by Crippen LogP contribution is 2.44. The van der Waals surface area contributed by atoms with Crippen LogP contribution in [0.15, 0.2) is 83.5 Å². The molecule has 1 heterocycles. The maximum absolute atomic E-state index is 14.1. The summed E-state index contributed by atoms with van der Waals surface area (Å²) in [5.41, 5.74) is 2.97. The van der Waals surface area contributed by atoms with Gasteiger partial charge in [0.1, 0.15) is 0 Å². The molecule has 3 aromatic rings. The van der Waals surface area contributed by atoms with Crippen molar-refractivity contribution in [1.29, 1.82) is 0 Å². The van der Waals surface area contributed by atoms with Crippen LogP contribution in [0.2, 0.25) is 0 Å². The van der Waals surface area contributed by atoms with Crippen molar-refractivity contribution in [2.75, 3.05) is 6.61 Å². The van der Waals surface area contributed by atoms with Crippen LogP contribution in [0.5, 0.6) is 5.75 Å². The number of rotatable bonds is 7. The number of hydrogen-bond acceptors (Lipinski definition) is 7. The molecule has 1 aliphatic carbocycles. The number of fused-ring (bicyclic) bond motifs is 1. The van der Waals surface area contributed by atoms with E-state index >= 15 is 0 Å². The molecule has 0 saturated heterocycles. The van der Waals surface area contributed by atoms with E-state index in [1.165, 1.54) is 47.5 Å². The van der Waals surface area contributed by atoms with Crippen LogP contribution in [0.25, 0.3) is 6.08 Å². The van der Waals surface area contributed by atoms with Gasteiger partial charge in [0.15, 0.2) is 18.2 Å². The van der Waals surface area contributed by atoms with Gasteiger partial charge in [0.05, 0.1) is 21.6 Å². The summed E-state index contributed by atoms with van der Waals surface area (Å²) in [7, 11) is 0. The highest BCUT2D eigenvalue weighted by Gasteiger charge is 2.44. The molecule has 10 nitrogen and oxygen atoms in total. The fourth-order valence-corrected chi connectivity index (χ4v) is 4.99. The van der Waals surface area contributed by atoms with Crippen LogP contribution in [0, 0.1) is 32.0 Å². The molecule has 39 heavy (non-hydrogen) atoms. The van der Waals surface area contributed by atoms with Crippen molar-refractivity contribution >= 4 is 29.1 Å². The van der Waals surface area contributed by atoms with Crippen molar-refractivity contribution in [3.63, 3.8) is 0 Å². The summed E-state index contributed by atoms with van der Waals surface area (Å²) < 4.78 is 19.5. The van der Waals surface area contributed by atoms with Gasteiger partial charge in [-0.05, 0) is 66.3 Å². The topological polar surface area (TPSA) is 128 Å². The molecule has 0 aromatic heterocycles. The number of nitro groups is 2. The second-order valence-corrected chi connectivity index (χ2v) is 9.25. The number of nitrogens with zero attached hydrogens (tertiary/aromatic N) is 4. The molecule has 198 valence electrons. The van der Waals surface area contributed by atoms with E-state index < -0.39 is 34.2 Å². The number of hydrogen-bond donors (Lipinski definition) is 0. The number of carbonyl (C=O) groups is 1. The number of ether oxygens (including phenoxy) is 1. The minimum absolute atomic E-state index is 0.0123. The van der Waals surface area contributed by atoms with E-state index in [2.05, 4.69) is 0 Å². The van der Waals surface area contributed by atoms with E-state index in [9.17, 15) is 29.4 Å². The first kappa shape index (κ1) is 25.7. The second kappa shape index (κ2) is 10.8. The number of para-hydroxylation sites is 1. The number of non-ortho nitro benzene ring substituents is 2. The third-order valence-electron chi connectivity index (χ3n) is 6.84. The number of carbonyl (C=O) groups excluding carboxylic acids is 1. The molecule has 1 aliphatic heterocycles. The van der Waals surface area contributed by atoms with Gasteiger partial charge in [-0.1, -0.05) is 24.3 Å². The van der Waals surface area contributed by atoms with E-state index in [-0.39, 0.29) is 23.0 Å². The average Bonchev–Trinajstić information content (AvgIpc) is 3.33. The zero-order chi connectivity index (χ0) is 27.5. The lowest BCUT2D eigenvalue weighted by molar-refractivity contribution is -0.385. The first-order chi connectivity index (χ1) is 18.8. The van der Waals surface area contributed by atoms with Gasteiger partial charge in [0.25, 0.3) is 17.3 Å². The monoisotopic (exact) mass is 530 g/mol. The van der Waals surface area contributed by atoms with Gasteiger partial charge in [0.2, 0.25) is 0 Å². The number of hydrazone groups is 1. The standard InChI is InChI=1S/C28H23FN4O6/c29-24-6-1-2-7-25(24)39-17-26(34)31-28(19-10-14-22(15-11-19)33(37)38)23-5-3-4-20(27(23)30-31)16-18-8-12-21(13-9-18)32(35)36/h1-2,6-16,23,28H,3-5,17H2/b20-16-/t23-,28+/m1/s1. The zero-order valence-electron chi connectivity index (χ0n) is 20.6. The van der Waals surface area contributed by atoms with Crippen molar-refractivity contribution in [3.8, 4) is 5.75 Å². The third-order valence-corrected chi connectivity index (χ3v) is 6.84. The molecule has 0 radical (unpaired) electrons. The predicted octanol–water partition coefficient (Wildman–Crippen LogP) is 5.84. The molecular formula is C28H23FN4O6. The molecule has 2 aliphatic rings. The molecule has 5 rings (SSSR count). The van der Waals surface area contributed by atoms with E-state index in [4.69, 9.17) is 9.84 Å². The fraction of sp³-hybridized carbons (Fsp3) is 0.214. The Hall–Kier alpha value is -4.93. The first-order valence-electron chi connectivity index (χ1n) is 12.3. The van der Waals surface area contributed by atoms with Gasteiger partial charge in [0, 0.05) is 30.2 Å². The Balaban J connectivity index is 1.47. The lowest BCUT2D eigenvalue weighted by Crippen LogP contribution is -2.34. The molecule has 0 N–H and O–H groups in total. The minimum atomic E-state index is -0.591. The van der Waals surface area contributed by atoms with Crippen LogP contribution in [-0.2, 0) is 4.79 Å². The maximum Gasteiger partial charge on any atom is 0.281 e. The van der Waals surface area contributed by atoms with Crippen molar-refractivity contribution in [2.45, 2.75) is 25.3 Å². The fourth-order valence-electron chi connectivity index (χ4n) is 4.99. The van der Waals surface area contributed by atoms with Crippen molar-refractivity contribution in [3.05, 3.63) is 116 Å². The Bertz CT molecular complexity index is 1490. The Morgan fingerprint density at radius 1 is 1.00 bits per heavy atom. The first-order valence-corrected chi connectivity index (χ1v) is 12.3. The van der Waals surface area contributed by atoms with Gasteiger partial charge in [-0.25, -0.2) is 9.40 Å². The highest BCUT2D eigenvalue weighted by atomic mass is 19.1. The molecule has 1 saturated carbocycles. The summed E-state index contributed by atoms with van der Waals surface area (Å²) in [6, 6.07) is 17.4. The average molecular weight is 531 g/mol. The van der Waals surface area contributed by atoms with E-state index in [0.29, 0.717) is 17.7 Å². The van der Waals surface area contributed by atoms with Gasteiger partial charge in [-0.15, -0.1) is 0 Å². The van der Waals surface area contributed by atoms with Crippen LogP contribution in [-0.4, -0.2) is 33.1 Å². The number of halogens is 1. The summed E-state index contributed by atoms with van der Waals surface area (Å²) in [5.74, 6) is -1.31. The smallest absolute Gasteiger partial charge is 0.281 e. The Morgan fingerprint density at radius 2 is 1.64 bits per heavy atom. The second-order valence-electron chi connectivity index (χ2n) is 9.25. The van der Waals surface area contributed by atoms with Gasteiger partial charge in [-0.3, -0.25) is 25.0 Å². The molecule has 3 aromatic carbocycles. The van der Waals surface area contributed by atoms with Crippen molar-refractivity contribution < 1.29 is 23.8 Å². The van der Waals surface area contributed by atoms with Crippen molar-refractivity contribution in [1.82, 2.24) is 5.01 Å². The van der Waals surface area contributed by atoms with Gasteiger partial charge >= 0.3 is 0 Å². The predicted molar refractivity (Wildman–Crippen MR) is 140 cm³/mol. The molecule has 1 fully saturated rings. The Kier molecular flexibility index (Phi) is 7.13. The maximum atomic E-state index is 14.1. The number of benzene rings is 3. The molecule has 1 amide bonds. The molecule has 0 spiro atoms. The van der Waals surface area contributed by atoms with Crippen LogP contribution < -0.4 is 4.74 Å². The van der Waals surface area contributed by atoms with Crippen LogP contribution in [0.4, 0.5) is 15.8 Å². The summed E-state index contributed by atoms with van der Waals surface area (Å²) in [6.45, 7) is -0.449.